The number of nitrogens with one attached hydrogen (secondary N) is 1. The van der Waals surface area contributed by atoms with Gasteiger partial charge >= 0.3 is 6.18 Å². The predicted molar refractivity (Wildman–Crippen MR) is 86.6 cm³/mol. The molecule has 0 radical (unpaired) electrons. The first kappa shape index (κ1) is 20.0. The fourth-order valence-corrected chi connectivity index (χ4v) is 2.20. The topological polar surface area (TPSA) is 49.4 Å². The van der Waals surface area contributed by atoms with Crippen LogP contribution in [0.5, 0.6) is 0 Å². The van der Waals surface area contributed by atoms with Crippen LogP contribution in [0.25, 0.3) is 0 Å². The normalized spacial score (nSPS) is 11.2. The van der Waals surface area contributed by atoms with Crippen LogP contribution in [0.1, 0.15) is 45.1 Å². The molecule has 4 nitrogen and oxygen atoms in total. The third kappa shape index (κ3) is 6.60. The summed E-state index contributed by atoms with van der Waals surface area (Å²) in [4.78, 5) is 24.8. The van der Waals surface area contributed by atoms with Gasteiger partial charge in [-0.15, -0.1) is 0 Å². The van der Waals surface area contributed by atoms with Crippen LogP contribution in [0.4, 0.5) is 18.9 Å². The predicted octanol–water partition coefficient (Wildman–Crippen LogP) is 3.75. The Morgan fingerprint density at radius 3 is 2.25 bits per heavy atom. The number of carbonyl (C=O) groups excluding carboxylic acids is 2. The molecule has 0 aromatic heterocycles. The van der Waals surface area contributed by atoms with E-state index in [4.69, 9.17) is 0 Å². The summed E-state index contributed by atoms with van der Waals surface area (Å²) in [7, 11) is 0. The van der Waals surface area contributed by atoms with E-state index in [1.807, 2.05) is 0 Å². The zero-order valence-corrected chi connectivity index (χ0v) is 13.9. The number of amides is 2. The van der Waals surface area contributed by atoms with E-state index in [-0.39, 0.29) is 24.8 Å². The Morgan fingerprint density at radius 2 is 1.75 bits per heavy atom. The first-order valence-electron chi connectivity index (χ1n) is 7.97. The van der Waals surface area contributed by atoms with Crippen LogP contribution >= 0.6 is 0 Å². The quantitative estimate of drug-likeness (QED) is 0.730. The Kier molecular flexibility index (Phi) is 7.74. The standard InChI is InChI=1S/C17H23F3N2O2/c1-3-4-5-11-21-16(24)10-12-22(13(2)23)15-8-6-14(7-9-15)17(18,19)20/h6-9H,3-5,10-12H2,1-2H3,(H,21,24). The number of carbonyl (C=O) groups is 2. The third-order valence-electron chi connectivity index (χ3n) is 3.55. The van der Waals surface area contributed by atoms with Crippen molar-refractivity contribution in [1.29, 1.82) is 0 Å². The van der Waals surface area contributed by atoms with E-state index in [1.165, 1.54) is 24.0 Å². The number of anilines is 1. The largest absolute Gasteiger partial charge is 0.416 e. The highest BCUT2D eigenvalue weighted by atomic mass is 19.4. The number of rotatable bonds is 8. The van der Waals surface area contributed by atoms with Crippen molar-refractivity contribution in [1.82, 2.24) is 5.32 Å². The Hall–Kier alpha value is -2.05. The molecular formula is C17H23F3N2O2. The molecule has 0 aliphatic carbocycles. The fraction of sp³-hybridized carbons (Fsp3) is 0.529. The number of hydrogen-bond donors (Lipinski definition) is 1. The molecule has 0 bridgehead atoms. The average molecular weight is 344 g/mol. The summed E-state index contributed by atoms with van der Waals surface area (Å²) in [5, 5.41) is 2.77. The highest BCUT2D eigenvalue weighted by molar-refractivity contribution is 5.92. The van der Waals surface area contributed by atoms with Crippen molar-refractivity contribution in [3.63, 3.8) is 0 Å². The summed E-state index contributed by atoms with van der Waals surface area (Å²) in [6, 6.07) is 4.33. The van der Waals surface area contributed by atoms with Gasteiger partial charge in [0.15, 0.2) is 0 Å². The molecule has 0 spiro atoms. The van der Waals surface area contributed by atoms with Gasteiger partial charge in [-0.2, -0.15) is 13.2 Å². The van der Waals surface area contributed by atoms with Crippen LogP contribution in [0.15, 0.2) is 24.3 Å². The molecule has 0 saturated carbocycles. The molecule has 0 atom stereocenters. The van der Waals surface area contributed by atoms with Crippen LogP contribution in [0, 0.1) is 0 Å². The second-order valence-electron chi connectivity index (χ2n) is 5.52. The Morgan fingerprint density at radius 1 is 1.12 bits per heavy atom. The molecule has 1 aromatic rings. The summed E-state index contributed by atoms with van der Waals surface area (Å²) >= 11 is 0. The summed E-state index contributed by atoms with van der Waals surface area (Å²) in [6.45, 7) is 4.10. The van der Waals surface area contributed by atoms with Crippen molar-refractivity contribution >= 4 is 17.5 Å². The molecule has 7 heteroatoms. The van der Waals surface area contributed by atoms with Crippen LogP contribution in [0.3, 0.4) is 0 Å². The minimum Gasteiger partial charge on any atom is -0.356 e. The molecule has 0 heterocycles. The number of benzene rings is 1. The molecule has 134 valence electrons. The maximum absolute atomic E-state index is 12.6. The lowest BCUT2D eigenvalue weighted by Gasteiger charge is -2.21. The van der Waals surface area contributed by atoms with Crippen LogP contribution < -0.4 is 10.2 Å². The molecule has 0 aliphatic rings. The van der Waals surface area contributed by atoms with Crippen molar-refractivity contribution in [2.24, 2.45) is 0 Å². The second-order valence-corrected chi connectivity index (χ2v) is 5.52. The highest BCUT2D eigenvalue weighted by Crippen LogP contribution is 2.30. The van der Waals surface area contributed by atoms with Gasteiger partial charge in [0.05, 0.1) is 5.56 Å². The zero-order chi connectivity index (χ0) is 18.2. The molecule has 0 unspecified atom stereocenters. The van der Waals surface area contributed by atoms with Crippen LogP contribution in [-0.4, -0.2) is 24.9 Å². The molecule has 0 saturated heterocycles. The maximum atomic E-state index is 12.6. The Bertz CT molecular complexity index is 542. The lowest BCUT2D eigenvalue weighted by Crippen LogP contribution is -2.34. The van der Waals surface area contributed by atoms with Gasteiger partial charge in [-0.1, -0.05) is 19.8 Å². The van der Waals surface area contributed by atoms with Gasteiger partial charge in [0.2, 0.25) is 11.8 Å². The minimum atomic E-state index is -4.42. The van der Waals surface area contributed by atoms with E-state index in [9.17, 15) is 22.8 Å². The molecule has 1 N–H and O–H groups in total. The summed E-state index contributed by atoms with van der Waals surface area (Å²) in [5.41, 5.74) is -0.433. The lowest BCUT2D eigenvalue weighted by atomic mass is 10.2. The van der Waals surface area contributed by atoms with Gasteiger partial charge in [-0.05, 0) is 30.7 Å². The number of unbranched alkanes of at least 4 members (excludes halogenated alkanes) is 2. The van der Waals surface area contributed by atoms with Crippen molar-refractivity contribution in [3.05, 3.63) is 29.8 Å². The molecule has 2 amide bonds. The summed E-state index contributed by atoms with van der Waals surface area (Å²) < 4.78 is 37.7. The minimum absolute atomic E-state index is 0.104. The SMILES string of the molecule is CCCCCNC(=O)CCN(C(C)=O)c1ccc(C(F)(F)F)cc1. The monoisotopic (exact) mass is 344 g/mol. The second kappa shape index (κ2) is 9.30. The zero-order valence-electron chi connectivity index (χ0n) is 13.9. The number of nitrogens with zero attached hydrogens (tertiary/aromatic N) is 1. The van der Waals surface area contributed by atoms with Gasteiger partial charge in [0.25, 0.3) is 0 Å². The number of hydrogen-bond acceptors (Lipinski definition) is 2. The maximum Gasteiger partial charge on any atom is 0.416 e. The molecule has 0 fully saturated rings. The van der Waals surface area contributed by atoms with Gasteiger partial charge in [0, 0.05) is 32.1 Å². The van der Waals surface area contributed by atoms with Gasteiger partial charge < -0.3 is 10.2 Å². The van der Waals surface area contributed by atoms with Crippen molar-refractivity contribution in [3.8, 4) is 0 Å². The molecule has 1 aromatic carbocycles. The number of alkyl halides is 3. The number of halogens is 3. The molecule has 24 heavy (non-hydrogen) atoms. The van der Waals surface area contributed by atoms with E-state index in [0.29, 0.717) is 12.2 Å². The highest BCUT2D eigenvalue weighted by Gasteiger charge is 2.30. The fourth-order valence-electron chi connectivity index (χ4n) is 2.20. The summed E-state index contributed by atoms with van der Waals surface area (Å²) in [6.07, 6.45) is -1.32. The van der Waals surface area contributed by atoms with Crippen molar-refractivity contribution < 1.29 is 22.8 Å². The third-order valence-corrected chi connectivity index (χ3v) is 3.55. The van der Waals surface area contributed by atoms with E-state index in [1.54, 1.807) is 0 Å². The van der Waals surface area contributed by atoms with E-state index >= 15 is 0 Å². The molecular weight excluding hydrogens is 321 g/mol. The van der Waals surface area contributed by atoms with E-state index in [2.05, 4.69) is 12.2 Å². The first-order chi connectivity index (χ1) is 11.3. The Balaban J connectivity index is 2.61. The van der Waals surface area contributed by atoms with Crippen molar-refractivity contribution in [2.75, 3.05) is 18.0 Å². The van der Waals surface area contributed by atoms with E-state index < -0.39 is 11.7 Å². The van der Waals surface area contributed by atoms with Gasteiger partial charge in [-0.3, -0.25) is 9.59 Å². The molecule has 0 aliphatic heterocycles. The summed E-state index contributed by atoms with van der Waals surface area (Å²) in [5.74, 6) is -0.502. The van der Waals surface area contributed by atoms with Crippen LogP contribution in [0.2, 0.25) is 0 Å². The lowest BCUT2D eigenvalue weighted by molar-refractivity contribution is -0.137. The first-order valence-corrected chi connectivity index (χ1v) is 7.97. The van der Waals surface area contributed by atoms with E-state index in [0.717, 1.165) is 31.4 Å². The van der Waals surface area contributed by atoms with Crippen LogP contribution in [-0.2, 0) is 15.8 Å². The van der Waals surface area contributed by atoms with Gasteiger partial charge in [-0.25, -0.2) is 0 Å². The van der Waals surface area contributed by atoms with Crippen molar-refractivity contribution in [2.45, 2.75) is 45.7 Å². The average Bonchev–Trinajstić information content (AvgIpc) is 2.51. The molecule has 1 rings (SSSR count). The van der Waals surface area contributed by atoms with Gasteiger partial charge in [0.1, 0.15) is 0 Å². The smallest absolute Gasteiger partial charge is 0.356 e. The Labute approximate surface area is 140 Å².